The molecule has 0 aromatic rings. The fraction of sp³-hybridized carbons (Fsp3) is 1.00. The monoisotopic (exact) mass is 253 g/mol. The minimum atomic E-state index is 0.486. The highest BCUT2D eigenvalue weighted by atomic mass is 14.9. The van der Waals surface area contributed by atoms with Crippen LogP contribution in [0.2, 0.25) is 0 Å². The van der Waals surface area contributed by atoms with Gasteiger partial charge in [-0.05, 0) is 37.1 Å². The summed E-state index contributed by atoms with van der Waals surface area (Å²) in [4.78, 5) is 0. The van der Waals surface area contributed by atoms with E-state index in [1.807, 2.05) is 0 Å². The Morgan fingerprint density at radius 1 is 1.00 bits per heavy atom. The molecule has 18 heavy (non-hydrogen) atoms. The molecular formula is C17H35N. The van der Waals surface area contributed by atoms with Crippen molar-refractivity contribution in [3.63, 3.8) is 0 Å². The molecule has 0 heterocycles. The average Bonchev–Trinajstić information content (AvgIpc) is 2.58. The van der Waals surface area contributed by atoms with Crippen molar-refractivity contribution in [1.29, 1.82) is 0 Å². The van der Waals surface area contributed by atoms with E-state index in [0.717, 1.165) is 5.92 Å². The van der Waals surface area contributed by atoms with Crippen molar-refractivity contribution in [1.82, 2.24) is 5.32 Å². The zero-order valence-corrected chi connectivity index (χ0v) is 13.1. The summed E-state index contributed by atoms with van der Waals surface area (Å²) in [6.45, 7) is 9.59. The minimum Gasteiger partial charge on any atom is -0.316 e. The van der Waals surface area contributed by atoms with E-state index in [0.29, 0.717) is 5.41 Å². The summed E-state index contributed by atoms with van der Waals surface area (Å²) in [7, 11) is 0. The molecule has 1 aliphatic carbocycles. The SMILES string of the molecule is CCCCCC(C)(C)CNCC1CCCCCC1. The Morgan fingerprint density at radius 2 is 1.67 bits per heavy atom. The lowest BCUT2D eigenvalue weighted by Crippen LogP contribution is -2.32. The highest BCUT2D eigenvalue weighted by molar-refractivity contribution is 4.74. The predicted molar refractivity (Wildman–Crippen MR) is 82.0 cm³/mol. The number of nitrogens with one attached hydrogen (secondary N) is 1. The Morgan fingerprint density at radius 3 is 2.28 bits per heavy atom. The Labute approximate surface area is 115 Å². The van der Waals surface area contributed by atoms with Crippen LogP contribution in [-0.4, -0.2) is 13.1 Å². The van der Waals surface area contributed by atoms with Crippen molar-refractivity contribution in [3.8, 4) is 0 Å². The fourth-order valence-electron chi connectivity index (χ4n) is 3.12. The molecule has 108 valence electrons. The van der Waals surface area contributed by atoms with E-state index < -0.39 is 0 Å². The van der Waals surface area contributed by atoms with Gasteiger partial charge in [-0.15, -0.1) is 0 Å². The van der Waals surface area contributed by atoms with E-state index in [2.05, 4.69) is 26.1 Å². The molecule has 1 aliphatic rings. The van der Waals surface area contributed by atoms with E-state index in [1.54, 1.807) is 0 Å². The first-order valence-corrected chi connectivity index (χ1v) is 8.35. The van der Waals surface area contributed by atoms with E-state index in [1.165, 1.54) is 77.3 Å². The van der Waals surface area contributed by atoms with Gasteiger partial charge in [-0.3, -0.25) is 0 Å². The van der Waals surface area contributed by atoms with Crippen LogP contribution in [0.4, 0.5) is 0 Å². The first-order chi connectivity index (χ1) is 8.64. The first kappa shape index (κ1) is 16.0. The van der Waals surface area contributed by atoms with Crippen LogP contribution in [0.15, 0.2) is 0 Å². The summed E-state index contributed by atoms with van der Waals surface area (Å²) in [6, 6.07) is 0. The van der Waals surface area contributed by atoms with E-state index in [9.17, 15) is 0 Å². The van der Waals surface area contributed by atoms with Crippen molar-refractivity contribution in [3.05, 3.63) is 0 Å². The van der Waals surface area contributed by atoms with Crippen molar-refractivity contribution in [2.45, 2.75) is 85.0 Å². The summed E-state index contributed by atoms with van der Waals surface area (Å²) in [5, 5.41) is 3.75. The van der Waals surface area contributed by atoms with Crippen molar-refractivity contribution >= 4 is 0 Å². The second kappa shape index (κ2) is 8.96. The fourth-order valence-corrected chi connectivity index (χ4v) is 3.12. The van der Waals surface area contributed by atoms with E-state index >= 15 is 0 Å². The third-order valence-corrected chi connectivity index (χ3v) is 4.47. The second-order valence-electron chi connectivity index (χ2n) is 7.11. The Bertz CT molecular complexity index is 190. The van der Waals surface area contributed by atoms with E-state index in [-0.39, 0.29) is 0 Å². The van der Waals surface area contributed by atoms with Crippen LogP contribution in [0.3, 0.4) is 0 Å². The Kier molecular flexibility index (Phi) is 7.97. The minimum absolute atomic E-state index is 0.486. The van der Waals surface area contributed by atoms with Crippen LogP contribution in [0.5, 0.6) is 0 Å². The third kappa shape index (κ3) is 7.41. The first-order valence-electron chi connectivity index (χ1n) is 8.35. The average molecular weight is 253 g/mol. The Hall–Kier alpha value is -0.0400. The molecule has 0 spiro atoms. The summed E-state index contributed by atoms with van der Waals surface area (Å²) in [6.07, 6.45) is 14.3. The molecule has 0 aromatic carbocycles. The van der Waals surface area contributed by atoms with Crippen LogP contribution in [0.1, 0.15) is 85.0 Å². The van der Waals surface area contributed by atoms with Gasteiger partial charge in [0.2, 0.25) is 0 Å². The summed E-state index contributed by atoms with van der Waals surface area (Å²) in [5.74, 6) is 0.957. The summed E-state index contributed by atoms with van der Waals surface area (Å²) >= 11 is 0. The highest BCUT2D eigenvalue weighted by Crippen LogP contribution is 2.24. The second-order valence-corrected chi connectivity index (χ2v) is 7.11. The highest BCUT2D eigenvalue weighted by Gasteiger charge is 2.18. The van der Waals surface area contributed by atoms with Gasteiger partial charge < -0.3 is 5.32 Å². The molecule has 0 amide bonds. The van der Waals surface area contributed by atoms with Gasteiger partial charge >= 0.3 is 0 Å². The zero-order chi connectivity index (χ0) is 13.3. The van der Waals surface area contributed by atoms with Crippen molar-refractivity contribution in [2.24, 2.45) is 11.3 Å². The molecule has 1 saturated carbocycles. The molecule has 1 nitrogen and oxygen atoms in total. The normalized spacial score (nSPS) is 18.8. The maximum absolute atomic E-state index is 3.75. The van der Waals surface area contributed by atoms with Crippen LogP contribution in [0.25, 0.3) is 0 Å². The number of hydrogen-bond acceptors (Lipinski definition) is 1. The van der Waals surface area contributed by atoms with E-state index in [4.69, 9.17) is 0 Å². The standard InChI is InChI=1S/C17H35N/c1-4-5-10-13-17(2,3)15-18-14-16-11-8-6-7-9-12-16/h16,18H,4-15H2,1-3H3. The maximum atomic E-state index is 3.75. The van der Waals surface area contributed by atoms with Gasteiger partial charge in [0.15, 0.2) is 0 Å². The van der Waals surface area contributed by atoms with Gasteiger partial charge in [0, 0.05) is 6.54 Å². The predicted octanol–water partition coefficient (Wildman–Crippen LogP) is 5.15. The van der Waals surface area contributed by atoms with Crippen LogP contribution < -0.4 is 5.32 Å². The molecule has 1 rings (SSSR count). The lowest BCUT2D eigenvalue weighted by molar-refractivity contribution is 0.288. The van der Waals surface area contributed by atoms with Crippen LogP contribution in [0, 0.1) is 11.3 Å². The topological polar surface area (TPSA) is 12.0 Å². The molecule has 1 fully saturated rings. The molecule has 0 aliphatic heterocycles. The molecule has 0 atom stereocenters. The smallest absolute Gasteiger partial charge is 0.000263 e. The molecule has 1 N–H and O–H groups in total. The zero-order valence-electron chi connectivity index (χ0n) is 13.1. The van der Waals surface area contributed by atoms with Crippen molar-refractivity contribution in [2.75, 3.05) is 13.1 Å². The van der Waals surface area contributed by atoms with Crippen LogP contribution >= 0.6 is 0 Å². The number of hydrogen-bond donors (Lipinski definition) is 1. The van der Waals surface area contributed by atoms with Gasteiger partial charge in [0.1, 0.15) is 0 Å². The maximum Gasteiger partial charge on any atom is 0.000263 e. The van der Waals surface area contributed by atoms with Gasteiger partial charge in [-0.1, -0.05) is 65.7 Å². The summed E-state index contributed by atoms with van der Waals surface area (Å²) < 4.78 is 0. The molecule has 0 unspecified atom stereocenters. The molecule has 0 aromatic heterocycles. The number of unbranched alkanes of at least 4 members (excludes halogenated alkanes) is 2. The van der Waals surface area contributed by atoms with Gasteiger partial charge in [0.25, 0.3) is 0 Å². The number of rotatable bonds is 8. The van der Waals surface area contributed by atoms with Gasteiger partial charge in [0.05, 0.1) is 0 Å². The molecule has 0 saturated heterocycles. The molecule has 0 radical (unpaired) electrons. The molecule has 1 heteroatoms. The quantitative estimate of drug-likeness (QED) is 0.466. The largest absolute Gasteiger partial charge is 0.316 e. The molecular weight excluding hydrogens is 218 g/mol. The third-order valence-electron chi connectivity index (χ3n) is 4.47. The van der Waals surface area contributed by atoms with Crippen molar-refractivity contribution < 1.29 is 0 Å². The van der Waals surface area contributed by atoms with Crippen LogP contribution in [-0.2, 0) is 0 Å². The Balaban J connectivity index is 2.10. The molecule has 0 bridgehead atoms. The van der Waals surface area contributed by atoms with Gasteiger partial charge in [-0.25, -0.2) is 0 Å². The van der Waals surface area contributed by atoms with Gasteiger partial charge in [-0.2, -0.15) is 0 Å². The lowest BCUT2D eigenvalue weighted by Gasteiger charge is -2.26. The summed E-state index contributed by atoms with van der Waals surface area (Å²) in [5.41, 5.74) is 0.486. The lowest BCUT2D eigenvalue weighted by atomic mass is 9.86.